The molecular weight excluding hydrogens is 286 g/mol. The summed E-state index contributed by atoms with van der Waals surface area (Å²) in [4.78, 5) is 24.7. The van der Waals surface area contributed by atoms with E-state index in [1.165, 1.54) is 18.2 Å². The largest absolute Gasteiger partial charge is 0.766 e. The summed E-state index contributed by atoms with van der Waals surface area (Å²) in [5, 5.41) is 9.44. The number of fused-ring (bicyclic) bond motifs is 1. The molecule has 1 aliphatic heterocycles. The summed E-state index contributed by atoms with van der Waals surface area (Å²) in [6, 6.07) is 5.98. The van der Waals surface area contributed by atoms with E-state index in [0.29, 0.717) is 16.6 Å². The molecule has 1 amide bonds. The molecule has 0 spiro atoms. The molecule has 1 saturated heterocycles. The number of nitrogens with one attached hydrogen (secondary N) is 2. The number of anilines is 1. The van der Waals surface area contributed by atoms with Crippen molar-refractivity contribution >= 4 is 39.4 Å². The van der Waals surface area contributed by atoms with Gasteiger partial charge in [0.2, 0.25) is 0 Å². The number of H-pyrrole nitrogens is 1. The highest BCUT2D eigenvalue weighted by Crippen LogP contribution is 2.45. The standard InChI is InChI=1S/C11H11N3O5S/c15-10-5-14(20(18,19)13-10)7-1-2-8-6(3-7)4-9(12-8)11(16)17/h1-4,12,18-19H,5H2,(H,13,15)(H,16,17)/p-2. The van der Waals surface area contributed by atoms with Gasteiger partial charge >= 0.3 is 5.97 Å². The van der Waals surface area contributed by atoms with Gasteiger partial charge in [0.15, 0.2) is 0 Å². The molecular formula is C11H9N3O5S-2. The monoisotopic (exact) mass is 295 g/mol. The van der Waals surface area contributed by atoms with Crippen molar-refractivity contribution in [1.82, 2.24) is 9.71 Å². The van der Waals surface area contributed by atoms with Crippen molar-refractivity contribution in [3.8, 4) is 0 Å². The fraction of sp³-hybridized carbons (Fsp3) is 0.0909. The number of rotatable bonds is 2. The van der Waals surface area contributed by atoms with Crippen LogP contribution >= 0.6 is 11.0 Å². The van der Waals surface area contributed by atoms with Crippen LogP contribution in [-0.4, -0.2) is 37.6 Å². The molecule has 9 heteroatoms. The summed E-state index contributed by atoms with van der Waals surface area (Å²) >= 11 is 0. The Morgan fingerprint density at radius 2 is 2.10 bits per heavy atom. The number of aromatic nitrogens is 1. The summed E-state index contributed by atoms with van der Waals surface area (Å²) in [5.74, 6) is -1.71. The molecule has 1 aromatic carbocycles. The SMILES string of the molecule is O=C1CN(c2ccc3[nH]c(C(=O)O)cc3c2)S([O-])([O-])N1. The van der Waals surface area contributed by atoms with Crippen molar-refractivity contribution in [2.24, 2.45) is 0 Å². The van der Waals surface area contributed by atoms with Crippen LogP contribution in [0.25, 0.3) is 10.9 Å². The average Bonchev–Trinajstić information content (AvgIpc) is 2.88. The lowest BCUT2D eigenvalue weighted by molar-refractivity contribution is -0.117. The minimum atomic E-state index is -3.86. The highest BCUT2D eigenvalue weighted by molar-refractivity contribution is 8.24. The average molecular weight is 295 g/mol. The van der Waals surface area contributed by atoms with E-state index in [1.54, 1.807) is 6.07 Å². The van der Waals surface area contributed by atoms with Gasteiger partial charge in [0.05, 0.1) is 5.69 Å². The Morgan fingerprint density at radius 3 is 2.70 bits per heavy atom. The van der Waals surface area contributed by atoms with Crippen molar-refractivity contribution < 1.29 is 23.8 Å². The third-order valence-electron chi connectivity index (χ3n) is 2.94. The summed E-state index contributed by atoms with van der Waals surface area (Å²) in [6.45, 7) is -0.288. The van der Waals surface area contributed by atoms with Gasteiger partial charge in [-0.05, 0) is 24.3 Å². The number of aromatic amines is 1. The number of hydrogen-bond acceptors (Lipinski definition) is 5. The molecule has 0 bridgehead atoms. The van der Waals surface area contributed by atoms with Crippen molar-refractivity contribution in [2.45, 2.75) is 0 Å². The smallest absolute Gasteiger partial charge is 0.352 e. The molecule has 8 nitrogen and oxygen atoms in total. The van der Waals surface area contributed by atoms with Gasteiger partial charge in [-0.2, -0.15) is 0 Å². The predicted molar refractivity (Wildman–Crippen MR) is 69.9 cm³/mol. The van der Waals surface area contributed by atoms with Gasteiger partial charge in [0.1, 0.15) is 12.2 Å². The number of amides is 1. The van der Waals surface area contributed by atoms with E-state index in [2.05, 4.69) is 4.98 Å². The fourth-order valence-electron chi connectivity index (χ4n) is 2.07. The Hall–Kier alpha value is -2.23. The molecule has 1 aromatic heterocycles. The second-order valence-electron chi connectivity index (χ2n) is 4.30. The molecule has 20 heavy (non-hydrogen) atoms. The number of hydrogen-bond donors (Lipinski definition) is 3. The van der Waals surface area contributed by atoms with E-state index < -0.39 is 22.8 Å². The van der Waals surface area contributed by atoms with Gasteiger partial charge < -0.3 is 34.5 Å². The molecule has 106 valence electrons. The van der Waals surface area contributed by atoms with Crippen LogP contribution in [0.4, 0.5) is 5.69 Å². The topological polar surface area (TPSA) is 132 Å². The maximum Gasteiger partial charge on any atom is 0.352 e. The fourth-order valence-corrected chi connectivity index (χ4v) is 3.21. The van der Waals surface area contributed by atoms with E-state index in [-0.39, 0.29) is 12.2 Å². The Morgan fingerprint density at radius 1 is 1.35 bits per heavy atom. The second kappa shape index (κ2) is 4.13. The highest BCUT2D eigenvalue weighted by atomic mass is 32.3. The lowest BCUT2D eigenvalue weighted by atomic mass is 10.2. The van der Waals surface area contributed by atoms with Crippen molar-refractivity contribution in [1.29, 1.82) is 0 Å². The first-order chi connectivity index (χ1) is 9.37. The number of carbonyl (C=O) groups is 2. The molecule has 1 fully saturated rings. The van der Waals surface area contributed by atoms with Crippen LogP contribution in [0.5, 0.6) is 0 Å². The minimum Gasteiger partial charge on any atom is -0.766 e. The van der Waals surface area contributed by atoms with Crippen LogP contribution in [0.15, 0.2) is 24.3 Å². The van der Waals surface area contributed by atoms with E-state index in [4.69, 9.17) is 5.11 Å². The normalized spacial score (nSPS) is 19.1. The van der Waals surface area contributed by atoms with Crippen LogP contribution in [0.2, 0.25) is 0 Å². The number of aromatic carboxylic acids is 1. The van der Waals surface area contributed by atoms with E-state index in [0.717, 1.165) is 4.31 Å². The van der Waals surface area contributed by atoms with Crippen molar-refractivity contribution in [3.05, 3.63) is 30.0 Å². The zero-order chi connectivity index (χ0) is 14.5. The first-order valence-corrected chi connectivity index (χ1v) is 7.00. The molecule has 0 radical (unpaired) electrons. The zero-order valence-electron chi connectivity index (χ0n) is 9.95. The first kappa shape index (κ1) is 12.8. The molecule has 3 rings (SSSR count). The van der Waals surface area contributed by atoms with Gasteiger partial charge in [0, 0.05) is 10.9 Å². The van der Waals surface area contributed by atoms with Crippen LogP contribution in [0.3, 0.4) is 0 Å². The number of benzene rings is 1. The number of carboxylic acid groups (broad SMARTS) is 1. The summed E-state index contributed by atoms with van der Waals surface area (Å²) in [5.41, 5.74) is 0.879. The van der Waals surface area contributed by atoms with E-state index in [1.807, 2.05) is 4.72 Å². The van der Waals surface area contributed by atoms with Gasteiger partial charge in [-0.1, -0.05) is 0 Å². The van der Waals surface area contributed by atoms with Crippen molar-refractivity contribution in [2.75, 3.05) is 10.8 Å². The van der Waals surface area contributed by atoms with Crippen LogP contribution in [0, 0.1) is 0 Å². The molecule has 0 aliphatic carbocycles. The van der Waals surface area contributed by atoms with Crippen LogP contribution < -0.4 is 9.03 Å². The van der Waals surface area contributed by atoms with E-state index >= 15 is 0 Å². The van der Waals surface area contributed by atoms with Gasteiger partial charge in [0.25, 0.3) is 5.91 Å². The third kappa shape index (κ3) is 1.97. The summed E-state index contributed by atoms with van der Waals surface area (Å²) in [7, 11) is -3.86. The Bertz CT molecular complexity index is 726. The highest BCUT2D eigenvalue weighted by Gasteiger charge is 2.23. The van der Waals surface area contributed by atoms with E-state index in [9.17, 15) is 18.7 Å². The van der Waals surface area contributed by atoms with Gasteiger partial charge in [-0.25, -0.2) is 4.79 Å². The number of carbonyl (C=O) groups excluding carboxylic acids is 1. The predicted octanol–water partition coefficient (Wildman–Crippen LogP) is 0.698. The molecule has 0 atom stereocenters. The quantitative estimate of drug-likeness (QED) is 0.747. The Balaban J connectivity index is 2.05. The van der Waals surface area contributed by atoms with Crippen LogP contribution in [-0.2, 0) is 4.79 Å². The first-order valence-electron chi connectivity index (χ1n) is 5.56. The minimum absolute atomic E-state index is 0.00984. The maximum absolute atomic E-state index is 11.7. The Kier molecular flexibility index (Phi) is 2.64. The third-order valence-corrected chi connectivity index (χ3v) is 4.35. The van der Waals surface area contributed by atoms with Gasteiger partial charge in [-0.15, -0.1) is 0 Å². The Labute approximate surface area is 114 Å². The molecule has 0 saturated carbocycles. The molecule has 1 aliphatic rings. The molecule has 3 N–H and O–H groups in total. The molecule has 0 unspecified atom stereocenters. The van der Waals surface area contributed by atoms with Crippen molar-refractivity contribution in [3.63, 3.8) is 0 Å². The molecule has 2 aromatic rings. The molecule has 2 heterocycles. The number of carboxylic acids is 1. The lowest BCUT2D eigenvalue weighted by Crippen LogP contribution is -2.25. The maximum atomic E-state index is 11.7. The number of nitrogens with zero attached hydrogens (tertiary/aromatic N) is 1. The van der Waals surface area contributed by atoms with Gasteiger partial charge in [-0.3, -0.25) is 9.52 Å². The lowest BCUT2D eigenvalue weighted by Gasteiger charge is -2.61. The second-order valence-corrected chi connectivity index (χ2v) is 5.89. The van der Waals surface area contributed by atoms with Crippen LogP contribution in [0.1, 0.15) is 10.5 Å². The summed E-state index contributed by atoms with van der Waals surface area (Å²) in [6.07, 6.45) is 0. The zero-order valence-corrected chi connectivity index (χ0v) is 10.8. The summed E-state index contributed by atoms with van der Waals surface area (Å²) < 4.78 is 26.2.